The Balaban J connectivity index is 2.50. The van der Waals surface area contributed by atoms with Crippen LogP contribution in [0.2, 0.25) is 5.02 Å². The van der Waals surface area contributed by atoms with Crippen molar-refractivity contribution >= 4 is 33.0 Å². The van der Waals surface area contributed by atoms with E-state index < -0.39 is 42.6 Å². The number of rotatable bonds is 3. The van der Waals surface area contributed by atoms with Crippen LogP contribution in [0.1, 0.15) is 18.4 Å². The maximum atomic E-state index is 12.9. The summed E-state index contributed by atoms with van der Waals surface area (Å²) in [5, 5.41) is 14.6. The van der Waals surface area contributed by atoms with Crippen molar-refractivity contribution in [3.05, 3.63) is 32.8 Å². The molecular weight excluding hydrogens is 375 g/mol. The lowest BCUT2D eigenvalue weighted by atomic mass is 10.1. The number of nitrogens with two attached hydrogens (primary N) is 1. The number of piperidine rings is 1. The number of benzene rings is 1. The number of hydrogen-bond donors (Lipinski definition) is 1. The van der Waals surface area contributed by atoms with Gasteiger partial charge in [0.2, 0.25) is 10.0 Å². The van der Waals surface area contributed by atoms with Crippen LogP contribution in [0, 0.1) is 10.1 Å². The lowest BCUT2D eigenvalue weighted by Crippen LogP contribution is -2.44. The summed E-state index contributed by atoms with van der Waals surface area (Å²) in [4.78, 5) is 11.5. The van der Waals surface area contributed by atoms with Crippen LogP contribution in [-0.4, -0.2) is 31.7 Å². The zero-order valence-corrected chi connectivity index (χ0v) is 13.7. The smallest absolute Gasteiger partial charge is 0.365 e. The second kappa shape index (κ2) is 6.37. The fourth-order valence-electron chi connectivity index (χ4n) is 2.59. The number of anilines is 1. The molecule has 1 atom stereocenters. The quantitative estimate of drug-likeness (QED) is 0.633. The molecule has 0 saturated carbocycles. The third-order valence-electron chi connectivity index (χ3n) is 3.75. The summed E-state index contributed by atoms with van der Waals surface area (Å²) in [5.41, 5.74) is -2.27. The van der Waals surface area contributed by atoms with Gasteiger partial charge < -0.3 is 4.90 Å². The molecule has 1 aliphatic heterocycles. The predicted molar refractivity (Wildman–Crippen MR) is 81.5 cm³/mol. The van der Waals surface area contributed by atoms with Gasteiger partial charge in [0.15, 0.2) is 0 Å². The molecule has 0 bridgehead atoms. The van der Waals surface area contributed by atoms with E-state index in [1.807, 2.05) is 0 Å². The van der Waals surface area contributed by atoms with Crippen molar-refractivity contribution in [2.24, 2.45) is 5.14 Å². The largest absolute Gasteiger partial charge is 0.418 e. The first kappa shape index (κ1) is 18.7. The highest BCUT2D eigenvalue weighted by Gasteiger charge is 2.38. The van der Waals surface area contributed by atoms with Crippen LogP contribution >= 0.6 is 11.6 Å². The molecule has 1 saturated heterocycles. The van der Waals surface area contributed by atoms with E-state index >= 15 is 0 Å². The summed E-state index contributed by atoms with van der Waals surface area (Å²) in [6, 6.07) is 1.20. The van der Waals surface area contributed by atoms with Crippen molar-refractivity contribution < 1.29 is 26.5 Å². The van der Waals surface area contributed by atoms with E-state index in [2.05, 4.69) is 0 Å². The van der Waals surface area contributed by atoms with Gasteiger partial charge in [-0.2, -0.15) is 13.2 Å². The molecule has 0 unspecified atom stereocenters. The van der Waals surface area contributed by atoms with Gasteiger partial charge in [-0.25, -0.2) is 13.6 Å². The third-order valence-corrected chi connectivity index (χ3v) is 5.38. The van der Waals surface area contributed by atoms with Gasteiger partial charge in [-0.3, -0.25) is 10.1 Å². The van der Waals surface area contributed by atoms with E-state index in [1.54, 1.807) is 0 Å². The number of sulfonamides is 1. The number of alkyl halides is 3. The van der Waals surface area contributed by atoms with Crippen LogP contribution in [0.4, 0.5) is 24.5 Å². The second-order valence-electron chi connectivity index (χ2n) is 5.37. The van der Waals surface area contributed by atoms with Gasteiger partial charge in [0.25, 0.3) is 5.69 Å². The average Bonchev–Trinajstić information content (AvgIpc) is 2.44. The van der Waals surface area contributed by atoms with Crippen LogP contribution in [0.5, 0.6) is 0 Å². The first-order chi connectivity index (χ1) is 10.9. The second-order valence-corrected chi connectivity index (χ2v) is 7.63. The summed E-state index contributed by atoms with van der Waals surface area (Å²) in [6.07, 6.45) is -4.19. The Bertz CT molecular complexity index is 770. The number of nitrogens with zero attached hydrogens (tertiary/aromatic N) is 2. The van der Waals surface area contributed by atoms with Crippen LogP contribution in [0.25, 0.3) is 0 Å². The Morgan fingerprint density at radius 3 is 2.50 bits per heavy atom. The minimum Gasteiger partial charge on any atom is -0.365 e. The summed E-state index contributed by atoms with van der Waals surface area (Å²) in [7, 11) is -3.87. The third kappa shape index (κ3) is 3.90. The number of nitro benzene ring substituents is 1. The Hall–Kier alpha value is -1.59. The van der Waals surface area contributed by atoms with E-state index in [9.17, 15) is 31.7 Å². The molecule has 0 radical (unpaired) electrons. The lowest BCUT2D eigenvalue weighted by Gasteiger charge is -2.33. The molecular formula is C12H13ClF3N3O4S. The van der Waals surface area contributed by atoms with Gasteiger partial charge in [-0.05, 0) is 18.9 Å². The molecule has 24 heavy (non-hydrogen) atoms. The molecule has 12 heteroatoms. The molecule has 2 N–H and O–H groups in total. The van der Waals surface area contributed by atoms with Gasteiger partial charge in [-0.1, -0.05) is 11.6 Å². The molecule has 1 aromatic rings. The number of primary sulfonamides is 1. The normalized spacial score (nSPS) is 19.4. The fraction of sp³-hybridized carbons (Fsp3) is 0.500. The first-order valence-electron chi connectivity index (χ1n) is 6.73. The summed E-state index contributed by atoms with van der Waals surface area (Å²) < 4.78 is 61.6. The topological polar surface area (TPSA) is 107 Å². The van der Waals surface area contributed by atoms with Crippen LogP contribution in [-0.2, 0) is 16.2 Å². The molecule has 0 spiro atoms. The van der Waals surface area contributed by atoms with E-state index in [4.69, 9.17) is 16.7 Å². The Labute approximate surface area is 140 Å². The van der Waals surface area contributed by atoms with Crippen molar-refractivity contribution in [3.63, 3.8) is 0 Å². The van der Waals surface area contributed by atoms with Crippen molar-refractivity contribution in [1.82, 2.24) is 0 Å². The molecule has 1 aromatic carbocycles. The monoisotopic (exact) mass is 387 g/mol. The minimum absolute atomic E-state index is 0.151. The first-order valence-corrected chi connectivity index (χ1v) is 8.71. The van der Waals surface area contributed by atoms with E-state index in [-0.39, 0.29) is 25.2 Å². The average molecular weight is 388 g/mol. The van der Waals surface area contributed by atoms with Crippen molar-refractivity contribution in [1.29, 1.82) is 0 Å². The standard InChI is InChI=1S/C12H13ClF3N3O4S/c13-9-5-10(11(19(20)21)4-8(9)12(14,15)16)18-3-1-2-7(6-18)24(17,22)23/h4-5,7H,1-3,6H2,(H2,17,22,23)/t7-/m1/s1. The zero-order valence-electron chi connectivity index (χ0n) is 12.1. The van der Waals surface area contributed by atoms with E-state index in [0.29, 0.717) is 12.5 Å². The van der Waals surface area contributed by atoms with Crippen LogP contribution in [0.3, 0.4) is 0 Å². The minimum atomic E-state index is -4.84. The van der Waals surface area contributed by atoms with Crippen LogP contribution in [0.15, 0.2) is 12.1 Å². The van der Waals surface area contributed by atoms with Crippen LogP contribution < -0.4 is 10.0 Å². The highest BCUT2D eigenvalue weighted by molar-refractivity contribution is 7.89. The van der Waals surface area contributed by atoms with Crippen molar-refractivity contribution in [2.75, 3.05) is 18.0 Å². The number of nitro groups is 1. The summed E-state index contributed by atoms with van der Waals surface area (Å²) in [6.45, 7) is 0.0932. The Morgan fingerprint density at radius 1 is 1.38 bits per heavy atom. The fourth-order valence-corrected chi connectivity index (χ4v) is 3.74. The van der Waals surface area contributed by atoms with Gasteiger partial charge in [0, 0.05) is 19.2 Å². The van der Waals surface area contributed by atoms with Gasteiger partial charge in [0.1, 0.15) is 5.69 Å². The Morgan fingerprint density at radius 2 is 2.00 bits per heavy atom. The molecule has 0 amide bonds. The molecule has 2 rings (SSSR count). The molecule has 0 aliphatic carbocycles. The molecule has 1 aliphatic rings. The summed E-state index contributed by atoms with van der Waals surface area (Å²) in [5.74, 6) is 0. The number of halogens is 4. The lowest BCUT2D eigenvalue weighted by molar-refractivity contribution is -0.384. The predicted octanol–water partition coefficient (Wildman–Crippen LogP) is 2.52. The van der Waals surface area contributed by atoms with Crippen molar-refractivity contribution in [3.8, 4) is 0 Å². The summed E-state index contributed by atoms with van der Waals surface area (Å²) >= 11 is 5.62. The van der Waals surface area contributed by atoms with Gasteiger partial charge >= 0.3 is 6.18 Å². The molecule has 1 fully saturated rings. The Kier molecular flexibility index (Phi) is 4.98. The van der Waals surface area contributed by atoms with E-state index in [0.717, 1.165) is 6.07 Å². The van der Waals surface area contributed by atoms with E-state index in [1.165, 1.54) is 4.90 Å². The molecule has 0 aromatic heterocycles. The molecule has 134 valence electrons. The maximum Gasteiger partial charge on any atom is 0.418 e. The van der Waals surface area contributed by atoms with Crippen molar-refractivity contribution in [2.45, 2.75) is 24.3 Å². The molecule has 7 nitrogen and oxygen atoms in total. The highest BCUT2D eigenvalue weighted by atomic mass is 35.5. The zero-order chi connectivity index (χ0) is 18.3. The molecule has 1 heterocycles. The number of hydrogen-bond acceptors (Lipinski definition) is 5. The SMILES string of the molecule is NS(=O)(=O)[C@@H]1CCCN(c2cc(Cl)c(C(F)(F)F)cc2[N+](=O)[O-])C1. The highest BCUT2D eigenvalue weighted by Crippen LogP contribution is 2.42. The van der Waals surface area contributed by atoms with Gasteiger partial charge in [0.05, 0.1) is 20.8 Å². The maximum absolute atomic E-state index is 12.9. The van der Waals surface area contributed by atoms with Gasteiger partial charge in [-0.15, -0.1) is 0 Å².